The first-order valence-corrected chi connectivity index (χ1v) is 8.19. The first kappa shape index (κ1) is 16.9. The number of halogens is 1. The first-order chi connectivity index (χ1) is 10.3. The van der Waals surface area contributed by atoms with Crippen LogP contribution >= 0.6 is 15.9 Å². The zero-order valence-corrected chi connectivity index (χ0v) is 14.9. The van der Waals surface area contributed by atoms with Gasteiger partial charge in [0.15, 0.2) is 5.82 Å². The number of anilines is 2. The Labute approximate surface area is 139 Å². The largest absolute Gasteiger partial charge is 0.444 e. The number of rotatable bonds is 1. The van der Waals surface area contributed by atoms with Crippen LogP contribution in [0.2, 0.25) is 0 Å². The standard InChI is InChI=1S/C15H23BrN4O2/c1-15(2,3)22-14(21)20-6-4-5-19(7-8-20)13-12(17)9-11(16)10-18-13/h9-10H,4-8,17H2,1-3H3. The SMILES string of the molecule is CC(C)(C)OC(=O)N1CCCN(c2ncc(Br)cc2N)CC1. The molecule has 1 aliphatic rings. The number of carbonyl (C=O) groups excluding carboxylic acids is 1. The summed E-state index contributed by atoms with van der Waals surface area (Å²) in [6.45, 7) is 8.43. The van der Waals surface area contributed by atoms with E-state index in [0.29, 0.717) is 25.3 Å². The van der Waals surface area contributed by atoms with Gasteiger partial charge >= 0.3 is 6.09 Å². The molecule has 0 aromatic carbocycles. The van der Waals surface area contributed by atoms with E-state index >= 15 is 0 Å². The highest BCUT2D eigenvalue weighted by atomic mass is 79.9. The van der Waals surface area contributed by atoms with E-state index in [1.165, 1.54) is 0 Å². The highest BCUT2D eigenvalue weighted by molar-refractivity contribution is 9.10. The summed E-state index contributed by atoms with van der Waals surface area (Å²) in [7, 11) is 0. The number of nitrogens with two attached hydrogens (primary N) is 1. The zero-order chi connectivity index (χ0) is 16.3. The summed E-state index contributed by atoms with van der Waals surface area (Å²) >= 11 is 3.36. The predicted octanol–water partition coefficient (Wildman–Crippen LogP) is 2.87. The molecule has 1 aromatic heterocycles. The maximum absolute atomic E-state index is 12.2. The van der Waals surface area contributed by atoms with Gasteiger partial charge in [-0.25, -0.2) is 9.78 Å². The molecule has 22 heavy (non-hydrogen) atoms. The van der Waals surface area contributed by atoms with Crippen molar-refractivity contribution in [3.63, 3.8) is 0 Å². The lowest BCUT2D eigenvalue weighted by molar-refractivity contribution is 0.0263. The maximum Gasteiger partial charge on any atom is 0.410 e. The Kier molecular flexibility index (Phi) is 5.16. The fourth-order valence-corrected chi connectivity index (χ4v) is 2.70. The molecule has 1 aromatic rings. The molecule has 122 valence electrons. The maximum atomic E-state index is 12.2. The van der Waals surface area contributed by atoms with E-state index in [0.717, 1.165) is 23.3 Å². The minimum Gasteiger partial charge on any atom is -0.444 e. The van der Waals surface area contributed by atoms with Crippen molar-refractivity contribution in [2.24, 2.45) is 0 Å². The van der Waals surface area contributed by atoms with Crippen LogP contribution in [0.1, 0.15) is 27.2 Å². The van der Waals surface area contributed by atoms with Crippen molar-refractivity contribution >= 4 is 33.5 Å². The van der Waals surface area contributed by atoms with Crippen LogP contribution in [0.25, 0.3) is 0 Å². The number of ether oxygens (including phenoxy) is 1. The molecule has 0 spiro atoms. The van der Waals surface area contributed by atoms with Gasteiger partial charge in [-0.1, -0.05) is 0 Å². The summed E-state index contributed by atoms with van der Waals surface area (Å²) in [5.41, 5.74) is 6.21. The predicted molar refractivity (Wildman–Crippen MR) is 91.0 cm³/mol. The topological polar surface area (TPSA) is 71.7 Å². The van der Waals surface area contributed by atoms with Crippen molar-refractivity contribution in [3.05, 3.63) is 16.7 Å². The first-order valence-electron chi connectivity index (χ1n) is 7.40. The molecular weight excluding hydrogens is 348 g/mol. The number of amides is 1. The van der Waals surface area contributed by atoms with Crippen molar-refractivity contribution < 1.29 is 9.53 Å². The van der Waals surface area contributed by atoms with E-state index in [4.69, 9.17) is 10.5 Å². The Morgan fingerprint density at radius 2 is 2.05 bits per heavy atom. The monoisotopic (exact) mass is 370 g/mol. The molecule has 0 bridgehead atoms. The molecule has 1 saturated heterocycles. The minimum absolute atomic E-state index is 0.258. The van der Waals surface area contributed by atoms with Crippen LogP contribution in [0.4, 0.5) is 16.3 Å². The number of aromatic nitrogens is 1. The number of carbonyl (C=O) groups is 1. The van der Waals surface area contributed by atoms with Crippen LogP contribution < -0.4 is 10.6 Å². The molecule has 0 atom stereocenters. The lowest BCUT2D eigenvalue weighted by atomic mass is 10.2. The average molecular weight is 371 g/mol. The van der Waals surface area contributed by atoms with Gasteiger partial charge < -0.3 is 20.3 Å². The van der Waals surface area contributed by atoms with Crippen LogP contribution in [0.15, 0.2) is 16.7 Å². The number of nitrogens with zero attached hydrogens (tertiary/aromatic N) is 3. The summed E-state index contributed by atoms with van der Waals surface area (Å²) in [5, 5.41) is 0. The van der Waals surface area contributed by atoms with E-state index in [9.17, 15) is 4.79 Å². The van der Waals surface area contributed by atoms with Crippen molar-refractivity contribution in [2.45, 2.75) is 32.8 Å². The van der Waals surface area contributed by atoms with Crippen LogP contribution in [0.5, 0.6) is 0 Å². The molecule has 0 unspecified atom stereocenters. The second-order valence-corrected chi connectivity index (χ2v) is 7.29. The molecule has 1 aliphatic heterocycles. The molecule has 2 N–H and O–H groups in total. The Morgan fingerprint density at radius 3 is 2.68 bits per heavy atom. The van der Waals surface area contributed by atoms with Crippen molar-refractivity contribution in [3.8, 4) is 0 Å². The average Bonchev–Trinajstić information content (AvgIpc) is 2.62. The van der Waals surface area contributed by atoms with Gasteiger partial charge in [0.05, 0.1) is 5.69 Å². The fraction of sp³-hybridized carbons (Fsp3) is 0.600. The Hall–Kier alpha value is -1.50. The van der Waals surface area contributed by atoms with Gasteiger partial charge in [0.2, 0.25) is 0 Å². The van der Waals surface area contributed by atoms with Gasteiger partial charge in [-0.3, -0.25) is 0 Å². The highest BCUT2D eigenvalue weighted by Gasteiger charge is 2.25. The summed E-state index contributed by atoms with van der Waals surface area (Å²) < 4.78 is 6.30. The van der Waals surface area contributed by atoms with Gasteiger partial charge in [0.1, 0.15) is 5.60 Å². The second kappa shape index (κ2) is 6.73. The Bertz CT molecular complexity index is 545. The lowest BCUT2D eigenvalue weighted by Crippen LogP contribution is -2.39. The van der Waals surface area contributed by atoms with Crippen molar-refractivity contribution in [2.75, 3.05) is 36.8 Å². The third-order valence-electron chi connectivity index (χ3n) is 3.31. The smallest absolute Gasteiger partial charge is 0.410 e. The summed E-state index contributed by atoms with van der Waals surface area (Å²) in [4.78, 5) is 20.4. The summed E-state index contributed by atoms with van der Waals surface area (Å²) in [6.07, 6.45) is 2.34. The minimum atomic E-state index is -0.471. The molecule has 0 radical (unpaired) electrons. The van der Waals surface area contributed by atoms with Gasteiger partial charge in [0.25, 0.3) is 0 Å². The van der Waals surface area contributed by atoms with Gasteiger partial charge in [-0.15, -0.1) is 0 Å². The van der Waals surface area contributed by atoms with E-state index in [2.05, 4.69) is 25.8 Å². The van der Waals surface area contributed by atoms with E-state index in [-0.39, 0.29) is 6.09 Å². The van der Waals surface area contributed by atoms with E-state index in [1.54, 1.807) is 11.1 Å². The van der Waals surface area contributed by atoms with Crippen molar-refractivity contribution in [1.82, 2.24) is 9.88 Å². The quantitative estimate of drug-likeness (QED) is 0.822. The zero-order valence-electron chi connectivity index (χ0n) is 13.3. The van der Waals surface area contributed by atoms with Crippen LogP contribution in [0.3, 0.4) is 0 Å². The van der Waals surface area contributed by atoms with Gasteiger partial charge in [-0.05, 0) is 49.2 Å². The molecule has 0 aliphatic carbocycles. The molecule has 6 nitrogen and oxygen atoms in total. The Balaban J connectivity index is 2.02. The number of hydrogen-bond donors (Lipinski definition) is 1. The Morgan fingerprint density at radius 1 is 1.32 bits per heavy atom. The number of pyridine rings is 1. The van der Waals surface area contributed by atoms with Crippen LogP contribution in [-0.4, -0.2) is 47.8 Å². The van der Waals surface area contributed by atoms with E-state index in [1.807, 2.05) is 26.8 Å². The summed E-state index contributed by atoms with van der Waals surface area (Å²) in [6, 6.07) is 1.85. The molecule has 7 heteroatoms. The van der Waals surface area contributed by atoms with Gasteiger partial charge in [-0.2, -0.15) is 0 Å². The number of hydrogen-bond acceptors (Lipinski definition) is 5. The third-order valence-corrected chi connectivity index (χ3v) is 3.74. The molecule has 1 fully saturated rings. The fourth-order valence-electron chi connectivity index (χ4n) is 2.35. The third kappa shape index (κ3) is 4.50. The van der Waals surface area contributed by atoms with Crippen LogP contribution in [-0.2, 0) is 4.74 Å². The van der Waals surface area contributed by atoms with E-state index < -0.39 is 5.60 Å². The molecule has 0 saturated carbocycles. The lowest BCUT2D eigenvalue weighted by Gasteiger charge is -2.27. The molecule has 1 amide bonds. The van der Waals surface area contributed by atoms with Crippen molar-refractivity contribution in [1.29, 1.82) is 0 Å². The summed E-state index contributed by atoms with van der Waals surface area (Å²) in [5.74, 6) is 0.772. The molecule has 2 rings (SSSR count). The highest BCUT2D eigenvalue weighted by Crippen LogP contribution is 2.24. The van der Waals surface area contributed by atoms with Gasteiger partial charge in [0, 0.05) is 36.8 Å². The second-order valence-electron chi connectivity index (χ2n) is 6.37. The molecule has 2 heterocycles. The van der Waals surface area contributed by atoms with Crippen LogP contribution in [0, 0.1) is 0 Å². The number of nitrogen functional groups attached to an aromatic ring is 1. The molecular formula is C15H23BrN4O2. The normalized spacial score (nSPS) is 16.4.